The maximum atomic E-state index is 4.07. The van der Waals surface area contributed by atoms with Gasteiger partial charge in [-0.15, -0.1) is 0 Å². The van der Waals surface area contributed by atoms with Crippen LogP contribution in [0.15, 0.2) is 18.6 Å². The molecule has 1 aliphatic carbocycles. The molecular weight excluding hydrogens is 138 g/mol. The van der Waals surface area contributed by atoms with Crippen LogP contribution in [0.4, 0.5) is 5.82 Å². The van der Waals surface area contributed by atoms with Gasteiger partial charge in [0.2, 0.25) is 0 Å². The molecule has 0 bridgehead atoms. The second-order valence-corrected chi connectivity index (χ2v) is 3.06. The summed E-state index contributed by atoms with van der Waals surface area (Å²) in [6.45, 7) is 2.23. The number of anilines is 1. The molecule has 0 saturated heterocycles. The lowest BCUT2D eigenvalue weighted by atomic mass is 10.4. The van der Waals surface area contributed by atoms with Crippen molar-refractivity contribution in [1.29, 1.82) is 0 Å². The van der Waals surface area contributed by atoms with Gasteiger partial charge in [0.05, 0.1) is 0 Å². The summed E-state index contributed by atoms with van der Waals surface area (Å²) in [7, 11) is 0. The number of nitrogens with zero attached hydrogens (tertiary/aromatic N) is 2. The SMILES string of the molecule is CC1CC1Nc1ccncn1. The molecule has 1 fully saturated rings. The summed E-state index contributed by atoms with van der Waals surface area (Å²) in [4.78, 5) is 7.91. The van der Waals surface area contributed by atoms with Gasteiger partial charge in [0, 0.05) is 12.2 Å². The maximum Gasteiger partial charge on any atom is 0.129 e. The molecule has 0 radical (unpaired) electrons. The minimum Gasteiger partial charge on any atom is -0.367 e. The van der Waals surface area contributed by atoms with Crippen molar-refractivity contribution < 1.29 is 0 Å². The first-order chi connectivity index (χ1) is 5.36. The molecule has 0 spiro atoms. The summed E-state index contributed by atoms with van der Waals surface area (Å²) in [6, 6.07) is 2.54. The molecule has 1 aromatic heterocycles. The molecule has 1 N–H and O–H groups in total. The predicted molar refractivity (Wildman–Crippen MR) is 43.2 cm³/mol. The molecule has 3 heteroatoms. The summed E-state index contributed by atoms with van der Waals surface area (Å²) in [6.07, 6.45) is 4.59. The minimum atomic E-state index is 0.643. The van der Waals surface area contributed by atoms with E-state index in [1.807, 2.05) is 6.07 Å². The van der Waals surface area contributed by atoms with Crippen LogP contribution < -0.4 is 5.32 Å². The number of aromatic nitrogens is 2. The number of hydrogen-bond donors (Lipinski definition) is 1. The molecule has 3 nitrogen and oxygen atoms in total. The van der Waals surface area contributed by atoms with Gasteiger partial charge in [-0.3, -0.25) is 0 Å². The first-order valence-corrected chi connectivity index (χ1v) is 3.89. The Balaban J connectivity index is 1.97. The van der Waals surface area contributed by atoms with E-state index >= 15 is 0 Å². The van der Waals surface area contributed by atoms with Crippen molar-refractivity contribution in [3.05, 3.63) is 18.6 Å². The van der Waals surface area contributed by atoms with E-state index < -0.39 is 0 Å². The van der Waals surface area contributed by atoms with Crippen LogP contribution in [0.3, 0.4) is 0 Å². The Hall–Kier alpha value is -1.12. The average Bonchev–Trinajstić information content (AvgIpc) is 2.69. The van der Waals surface area contributed by atoms with Gasteiger partial charge >= 0.3 is 0 Å². The lowest BCUT2D eigenvalue weighted by Crippen LogP contribution is -2.04. The first-order valence-electron chi connectivity index (χ1n) is 3.89. The molecule has 11 heavy (non-hydrogen) atoms. The molecule has 58 valence electrons. The highest BCUT2D eigenvalue weighted by atomic mass is 15.1. The lowest BCUT2D eigenvalue weighted by Gasteiger charge is -2.00. The van der Waals surface area contributed by atoms with Crippen LogP contribution in [0.5, 0.6) is 0 Å². The lowest BCUT2D eigenvalue weighted by molar-refractivity contribution is 0.921. The third-order valence-corrected chi connectivity index (χ3v) is 2.02. The van der Waals surface area contributed by atoms with Crippen LogP contribution in [0.1, 0.15) is 13.3 Å². The van der Waals surface area contributed by atoms with Crippen LogP contribution in [0.2, 0.25) is 0 Å². The zero-order valence-corrected chi connectivity index (χ0v) is 6.49. The van der Waals surface area contributed by atoms with Crippen LogP contribution in [0, 0.1) is 5.92 Å². The Kier molecular flexibility index (Phi) is 1.49. The van der Waals surface area contributed by atoms with Gasteiger partial charge in [0.15, 0.2) is 0 Å². The standard InChI is InChI=1S/C8H11N3/c1-6-4-7(6)11-8-2-3-9-5-10-8/h2-3,5-7H,4H2,1H3,(H,9,10,11). The quantitative estimate of drug-likeness (QED) is 0.688. The van der Waals surface area contributed by atoms with Crippen molar-refractivity contribution in [2.45, 2.75) is 19.4 Å². The summed E-state index contributed by atoms with van der Waals surface area (Å²) < 4.78 is 0. The first kappa shape index (κ1) is 6.58. The Morgan fingerprint density at radius 2 is 2.45 bits per heavy atom. The normalized spacial score (nSPS) is 28.1. The van der Waals surface area contributed by atoms with E-state index in [0.717, 1.165) is 11.7 Å². The third-order valence-electron chi connectivity index (χ3n) is 2.02. The number of hydrogen-bond acceptors (Lipinski definition) is 3. The van der Waals surface area contributed by atoms with Crippen LogP contribution in [0.25, 0.3) is 0 Å². The fourth-order valence-electron chi connectivity index (χ4n) is 1.09. The van der Waals surface area contributed by atoms with E-state index in [2.05, 4.69) is 22.2 Å². The Bertz CT molecular complexity index is 234. The average molecular weight is 149 g/mol. The van der Waals surface area contributed by atoms with Gasteiger partial charge in [0.1, 0.15) is 12.1 Å². The second-order valence-electron chi connectivity index (χ2n) is 3.06. The van der Waals surface area contributed by atoms with E-state index in [1.54, 1.807) is 12.5 Å². The number of rotatable bonds is 2. The zero-order chi connectivity index (χ0) is 7.68. The van der Waals surface area contributed by atoms with Crippen LogP contribution in [-0.2, 0) is 0 Å². The van der Waals surface area contributed by atoms with E-state index in [4.69, 9.17) is 0 Å². The summed E-state index contributed by atoms with van der Waals surface area (Å²) in [5.74, 6) is 1.75. The maximum absolute atomic E-state index is 4.07. The Morgan fingerprint density at radius 3 is 3.00 bits per heavy atom. The molecule has 1 aromatic rings. The fourth-order valence-corrected chi connectivity index (χ4v) is 1.09. The van der Waals surface area contributed by atoms with Crippen molar-refractivity contribution in [3.63, 3.8) is 0 Å². The predicted octanol–water partition coefficient (Wildman–Crippen LogP) is 1.30. The van der Waals surface area contributed by atoms with E-state index in [1.165, 1.54) is 6.42 Å². The molecule has 1 aliphatic rings. The summed E-state index contributed by atoms with van der Waals surface area (Å²) in [5, 5.41) is 3.31. The van der Waals surface area contributed by atoms with Crippen molar-refractivity contribution in [3.8, 4) is 0 Å². The molecule has 2 atom stereocenters. The highest BCUT2D eigenvalue weighted by molar-refractivity contribution is 5.35. The fraction of sp³-hybridized carbons (Fsp3) is 0.500. The van der Waals surface area contributed by atoms with Gasteiger partial charge in [-0.05, 0) is 18.4 Å². The van der Waals surface area contributed by atoms with Crippen LogP contribution >= 0.6 is 0 Å². The summed E-state index contributed by atoms with van der Waals surface area (Å²) >= 11 is 0. The van der Waals surface area contributed by atoms with Crippen LogP contribution in [-0.4, -0.2) is 16.0 Å². The summed E-state index contributed by atoms with van der Waals surface area (Å²) in [5.41, 5.74) is 0. The molecular formula is C8H11N3. The van der Waals surface area contributed by atoms with Crippen molar-refractivity contribution in [2.24, 2.45) is 5.92 Å². The minimum absolute atomic E-state index is 0.643. The molecule has 0 aliphatic heterocycles. The number of nitrogens with one attached hydrogen (secondary N) is 1. The second kappa shape index (κ2) is 2.49. The van der Waals surface area contributed by atoms with Gasteiger partial charge in [-0.1, -0.05) is 6.92 Å². The van der Waals surface area contributed by atoms with E-state index in [-0.39, 0.29) is 0 Å². The molecule has 1 saturated carbocycles. The van der Waals surface area contributed by atoms with Gasteiger partial charge in [0.25, 0.3) is 0 Å². The third kappa shape index (κ3) is 1.48. The van der Waals surface area contributed by atoms with E-state index in [9.17, 15) is 0 Å². The molecule has 2 unspecified atom stereocenters. The zero-order valence-electron chi connectivity index (χ0n) is 6.49. The van der Waals surface area contributed by atoms with Crippen molar-refractivity contribution >= 4 is 5.82 Å². The highest BCUT2D eigenvalue weighted by Gasteiger charge is 2.32. The van der Waals surface area contributed by atoms with Gasteiger partial charge < -0.3 is 5.32 Å². The monoisotopic (exact) mass is 149 g/mol. The topological polar surface area (TPSA) is 37.8 Å². The van der Waals surface area contributed by atoms with Gasteiger partial charge in [-0.2, -0.15) is 0 Å². The Labute approximate surface area is 65.9 Å². The van der Waals surface area contributed by atoms with Gasteiger partial charge in [-0.25, -0.2) is 9.97 Å². The molecule has 1 heterocycles. The Morgan fingerprint density at radius 1 is 1.64 bits per heavy atom. The largest absolute Gasteiger partial charge is 0.367 e. The van der Waals surface area contributed by atoms with Crippen molar-refractivity contribution in [2.75, 3.05) is 5.32 Å². The highest BCUT2D eigenvalue weighted by Crippen LogP contribution is 2.31. The molecule has 2 rings (SSSR count). The molecule has 0 aromatic carbocycles. The van der Waals surface area contributed by atoms with E-state index in [0.29, 0.717) is 6.04 Å². The molecule has 0 amide bonds. The smallest absolute Gasteiger partial charge is 0.129 e. The van der Waals surface area contributed by atoms with Crippen molar-refractivity contribution in [1.82, 2.24) is 9.97 Å².